The number of carbonyl (C=O) groups is 1. The number of hydrogen-bond donors (Lipinski definition) is 2. The largest absolute Gasteiger partial charge is 0.361 e. The Labute approximate surface area is 159 Å². The minimum absolute atomic E-state index is 0.0211. The van der Waals surface area contributed by atoms with E-state index in [1.54, 1.807) is 0 Å². The Morgan fingerprint density at radius 1 is 1.33 bits per heavy atom. The smallest absolute Gasteiger partial charge is 0.318 e. The summed E-state index contributed by atoms with van der Waals surface area (Å²) >= 11 is 0. The van der Waals surface area contributed by atoms with Gasteiger partial charge in [0.15, 0.2) is 0 Å². The minimum Gasteiger partial charge on any atom is -0.361 e. The van der Waals surface area contributed by atoms with Crippen LogP contribution < -0.4 is 5.32 Å². The van der Waals surface area contributed by atoms with Crippen molar-refractivity contribution in [2.24, 2.45) is 0 Å². The summed E-state index contributed by atoms with van der Waals surface area (Å²) in [6, 6.07) is 12.8. The molecule has 1 atom stereocenters. The topological polar surface area (TPSA) is 61.0 Å². The Bertz CT molecular complexity index is 944. The molecule has 1 unspecified atom stereocenters. The van der Waals surface area contributed by atoms with Gasteiger partial charge in [-0.15, -0.1) is 0 Å². The maximum Gasteiger partial charge on any atom is 0.318 e. The number of nitrogens with zero attached hydrogens (tertiary/aromatic N) is 2. The first-order chi connectivity index (χ1) is 13.1. The molecular weight excluding hydrogens is 336 g/mol. The van der Waals surface area contributed by atoms with Crippen LogP contribution in [0.25, 0.3) is 10.9 Å². The minimum atomic E-state index is 0.0211. The van der Waals surface area contributed by atoms with E-state index in [1.807, 2.05) is 30.3 Å². The van der Waals surface area contributed by atoms with Gasteiger partial charge < -0.3 is 15.2 Å². The monoisotopic (exact) mass is 362 g/mol. The lowest BCUT2D eigenvalue weighted by Crippen LogP contribution is -2.45. The number of nitrogens with one attached hydrogen (secondary N) is 2. The number of rotatable bonds is 6. The molecule has 0 bridgehead atoms. The van der Waals surface area contributed by atoms with Gasteiger partial charge in [-0.3, -0.25) is 4.98 Å². The van der Waals surface area contributed by atoms with Crippen LogP contribution in [0.4, 0.5) is 4.79 Å². The van der Waals surface area contributed by atoms with Crippen molar-refractivity contribution in [1.82, 2.24) is 20.2 Å². The zero-order valence-corrected chi connectivity index (χ0v) is 15.9. The SMILES string of the molecule is Cc1cccnc1CC(C)NC(=O)N(Cc1ccc2[nH]ccc2c1)C1CC1. The Morgan fingerprint density at radius 2 is 2.19 bits per heavy atom. The average molecular weight is 362 g/mol. The van der Waals surface area contributed by atoms with E-state index in [2.05, 4.69) is 52.5 Å². The van der Waals surface area contributed by atoms with Crippen LogP contribution in [0.2, 0.25) is 0 Å². The molecule has 2 aromatic heterocycles. The number of aromatic amines is 1. The summed E-state index contributed by atoms with van der Waals surface area (Å²) in [6.07, 6.45) is 6.68. The van der Waals surface area contributed by atoms with Crippen LogP contribution in [0.5, 0.6) is 0 Å². The first-order valence-corrected chi connectivity index (χ1v) is 9.64. The summed E-state index contributed by atoms with van der Waals surface area (Å²) in [5.74, 6) is 0. The van der Waals surface area contributed by atoms with E-state index in [9.17, 15) is 4.79 Å². The van der Waals surface area contributed by atoms with Crippen molar-refractivity contribution < 1.29 is 4.79 Å². The molecule has 0 aliphatic heterocycles. The van der Waals surface area contributed by atoms with E-state index >= 15 is 0 Å². The zero-order chi connectivity index (χ0) is 18.8. The highest BCUT2D eigenvalue weighted by molar-refractivity contribution is 5.80. The van der Waals surface area contributed by atoms with Crippen molar-refractivity contribution in [2.45, 2.75) is 51.7 Å². The fraction of sp³-hybridized carbons (Fsp3) is 0.364. The van der Waals surface area contributed by atoms with Crippen LogP contribution >= 0.6 is 0 Å². The fourth-order valence-corrected chi connectivity index (χ4v) is 3.52. The molecule has 0 radical (unpaired) electrons. The predicted octanol–water partition coefficient (Wildman–Crippen LogP) is 4.18. The highest BCUT2D eigenvalue weighted by Crippen LogP contribution is 2.29. The molecule has 0 saturated heterocycles. The Morgan fingerprint density at radius 3 is 2.96 bits per heavy atom. The van der Waals surface area contributed by atoms with Crippen LogP contribution in [-0.2, 0) is 13.0 Å². The number of H-pyrrole nitrogens is 1. The molecule has 140 valence electrons. The second-order valence-corrected chi connectivity index (χ2v) is 7.58. The van der Waals surface area contributed by atoms with E-state index in [-0.39, 0.29) is 12.1 Å². The van der Waals surface area contributed by atoms with Crippen molar-refractivity contribution in [3.05, 3.63) is 65.6 Å². The van der Waals surface area contributed by atoms with Crippen LogP contribution in [0.15, 0.2) is 48.8 Å². The Hall–Kier alpha value is -2.82. The molecule has 5 heteroatoms. The molecule has 1 saturated carbocycles. The number of aryl methyl sites for hydroxylation is 1. The second kappa shape index (κ2) is 7.43. The lowest BCUT2D eigenvalue weighted by molar-refractivity contribution is 0.188. The number of hydrogen-bond acceptors (Lipinski definition) is 2. The molecule has 1 fully saturated rings. The lowest BCUT2D eigenvalue weighted by atomic mass is 10.1. The second-order valence-electron chi connectivity index (χ2n) is 7.58. The summed E-state index contributed by atoms with van der Waals surface area (Å²) in [4.78, 5) is 22.6. The summed E-state index contributed by atoms with van der Waals surface area (Å²) in [5.41, 5.74) is 4.50. The first-order valence-electron chi connectivity index (χ1n) is 9.64. The van der Waals surface area contributed by atoms with Crippen LogP contribution in [0.1, 0.15) is 36.6 Å². The van der Waals surface area contributed by atoms with Gasteiger partial charge in [-0.2, -0.15) is 0 Å². The van der Waals surface area contributed by atoms with E-state index in [1.165, 1.54) is 5.39 Å². The van der Waals surface area contributed by atoms with Gasteiger partial charge in [-0.1, -0.05) is 12.1 Å². The Balaban J connectivity index is 1.42. The third-order valence-corrected chi connectivity index (χ3v) is 5.21. The third-order valence-electron chi connectivity index (χ3n) is 5.21. The summed E-state index contributed by atoms with van der Waals surface area (Å²) in [5, 5.41) is 4.35. The number of carbonyl (C=O) groups excluding carboxylic acids is 1. The molecule has 2 N–H and O–H groups in total. The Kier molecular flexibility index (Phi) is 4.84. The summed E-state index contributed by atoms with van der Waals surface area (Å²) in [6.45, 7) is 4.75. The number of urea groups is 1. The standard InChI is InChI=1S/C22H26N4O/c1-15-4-3-10-23-21(15)12-16(2)25-22(27)26(19-6-7-19)14-17-5-8-20-18(13-17)9-11-24-20/h3-5,8-11,13,16,19,24H,6-7,12,14H2,1-2H3,(H,25,27). The van der Waals surface area contributed by atoms with Crippen LogP contribution in [0, 0.1) is 6.92 Å². The molecule has 27 heavy (non-hydrogen) atoms. The number of amides is 2. The maximum atomic E-state index is 12.9. The number of pyridine rings is 1. The van der Waals surface area contributed by atoms with Gasteiger partial charge in [0.1, 0.15) is 0 Å². The molecule has 4 rings (SSSR count). The average Bonchev–Trinajstić information content (AvgIpc) is 3.38. The van der Waals surface area contributed by atoms with Gasteiger partial charge in [-0.05, 0) is 67.5 Å². The fourth-order valence-electron chi connectivity index (χ4n) is 3.52. The zero-order valence-electron chi connectivity index (χ0n) is 15.9. The number of fused-ring (bicyclic) bond motifs is 1. The molecule has 2 amide bonds. The first kappa shape index (κ1) is 17.6. The molecule has 0 spiro atoms. The molecule has 3 aromatic rings. The number of benzene rings is 1. The number of aromatic nitrogens is 2. The summed E-state index contributed by atoms with van der Waals surface area (Å²) in [7, 11) is 0. The quantitative estimate of drug-likeness (QED) is 0.691. The third kappa shape index (κ3) is 4.13. The van der Waals surface area contributed by atoms with E-state index in [4.69, 9.17) is 0 Å². The maximum absolute atomic E-state index is 12.9. The van der Waals surface area contributed by atoms with Gasteiger partial charge in [0, 0.05) is 48.7 Å². The van der Waals surface area contributed by atoms with Gasteiger partial charge in [-0.25, -0.2) is 4.79 Å². The normalized spacial score (nSPS) is 14.9. The highest BCUT2D eigenvalue weighted by atomic mass is 16.2. The van der Waals surface area contributed by atoms with Gasteiger partial charge >= 0.3 is 6.03 Å². The molecule has 1 aliphatic rings. The highest BCUT2D eigenvalue weighted by Gasteiger charge is 2.33. The van der Waals surface area contributed by atoms with Gasteiger partial charge in [0.25, 0.3) is 0 Å². The molecule has 2 heterocycles. The molecule has 1 aliphatic carbocycles. The van der Waals surface area contributed by atoms with E-state index in [0.717, 1.165) is 41.6 Å². The predicted molar refractivity (Wildman–Crippen MR) is 108 cm³/mol. The van der Waals surface area contributed by atoms with Crippen molar-refractivity contribution >= 4 is 16.9 Å². The van der Waals surface area contributed by atoms with Crippen LogP contribution in [0.3, 0.4) is 0 Å². The van der Waals surface area contributed by atoms with E-state index < -0.39 is 0 Å². The van der Waals surface area contributed by atoms with Crippen molar-refractivity contribution in [3.63, 3.8) is 0 Å². The van der Waals surface area contributed by atoms with Crippen molar-refractivity contribution in [2.75, 3.05) is 0 Å². The van der Waals surface area contributed by atoms with Gasteiger partial charge in [0.2, 0.25) is 0 Å². The molecule has 1 aromatic carbocycles. The molecular formula is C22H26N4O. The van der Waals surface area contributed by atoms with Crippen LogP contribution in [-0.4, -0.2) is 33.0 Å². The van der Waals surface area contributed by atoms with E-state index in [0.29, 0.717) is 12.6 Å². The van der Waals surface area contributed by atoms with Crippen molar-refractivity contribution in [3.8, 4) is 0 Å². The lowest BCUT2D eigenvalue weighted by Gasteiger charge is -2.25. The van der Waals surface area contributed by atoms with Crippen molar-refractivity contribution in [1.29, 1.82) is 0 Å². The van der Waals surface area contributed by atoms with Gasteiger partial charge in [0.05, 0.1) is 0 Å². The molecule has 5 nitrogen and oxygen atoms in total. The summed E-state index contributed by atoms with van der Waals surface area (Å²) < 4.78 is 0.